The molecule has 15 rings (SSSR count). The van der Waals surface area contributed by atoms with Crippen molar-refractivity contribution in [2.75, 3.05) is 63.8 Å². The fourth-order valence-electron chi connectivity index (χ4n) is 12.7. The summed E-state index contributed by atoms with van der Waals surface area (Å²) in [6.07, 6.45) is 25.2. The van der Waals surface area contributed by atoms with Gasteiger partial charge in [0.1, 0.15) is 22.8 Å². The summed E-state index contributed by atoms with van der Waals surface area (Å²) in [4.78, 5) is 49.5. The highest BCUT2D eigenvalue weighted by Crippen LogP contribution is 2.41. The van der Waals surface area contributed by atoms with Gasteiger partial charge >= 0.3 is 6.09 Å². The summed E-state index contributed by atoms with van der Waals surface area (Å²) in [5.74, 6) is 2.23. The smallest absolute Gasteiger partial charge is 0.410 e. The van der Waals surface area contributed by atoms with Crippen LogP contribution in [0.2, 0.25) is 10.6 Å². The van der Waals surface area contributed by atoms with Crippen molar-refractivity contribution < 1.29 is 49.0 Å². The number of para-hydroxylation sites is 4. The summed E-state index contributed by atoms with van der Waals surface area (Å²) in [7, 11) is -5.50. The number of hydrogen-bond donors (Lipinski definition) is 2. The predicted octanol–water partition coefficient (Wildman–Crippen LogP) is 16.8. The average Bonchev–Trinajstić information content (AvgIpc) is 0.818. The van der Waals surface area contributed by atoms with E-state index in [9.17, 15) is 30.0 Å². The minimum Gasteiger partial charge on any atom is -0.496 e. The van der Waals surface area contributed by atoms with Crippen molar-refractivity contribution in [2.45, 2.75) is 98.1 Å². The molecule has 1 saturated carbocycles. The van der Waals surface area contributed by atoms with Crippen molar-refractivity contribution in [3.63, 3.8) is 0 Å². The SMILES string of the molecule is COc1cc(S(C)(=O)=O)ccc1-c1cccc2cnc(Cl)nc12.COc1cc(S(C)(=O)=O)ccc1-c1cccc2cnc(Nc3cnn(C4CCCCC4)c3)nc12.COc1cc(S(C)(=O)=O)ccc1-c1cccc2cnc(Nc3cnn(C4CCN(C(=O)OC(C)(C)C)CC4)c3)nc12.Clc1ncc2cccc(Br)c2n1. The molecule has 110 heavy (non-hydrogen) atoms. The number of halogens is 3. The van der Waals surface area contributed by atoms with Crippen LogP contribution in [0.5, 0.6) is 17.2 Å². The quantitative estimate of drug-likeness (QED) is 0.0901. The number of rotatable bonds is 15. The van der Waals surface area contributed by atoms with Gasteiger partial charge in [-0.25, -0.2) is 69.9 Å². The van der Waals surface area contributed by atoms with E-state index >= 15 is 0 Å². The molecule has 1 aliphatic carbocycles. The van der Waals surface area contributed by atoms with Gasteiger partial charge in [0.15, 0.2) is 29.5 Å². The third kappa shape index (κ3) is 19.2. The molecular weight excluding hydrogens is 1570 g/mol. The van der Waals surface area contributed by atoms with Gasteiger partial charge in [0.2, 0.25) is 22.5 Å². The van der Waals surface area contributed by atoms with Crippen molar-refractivity contribution in [2.24, 2.45) is 0 Å². The zero-order valence-electron chi connectivity index (χ0n) is 61.4. The largest absolute Gasteiger partial charge is 0.496 e. The molecule has 13 aromatic rings. The minimum atomic E-state index is -3.38. The van der Waals surface area contributed by atoms with Crippen LogP contribution in [-0.2, 0) is 34.2 Å². The number of aromatic nitrogens is 12. The normalized spacial score (nSPS) is 13.7. The number of methoxy groups -OCH3 is 3. The highest BCUT2D eigenvalue weighted by molar-refractivity contribution is 9.10. The first kappa shape index (κ1) is 79.1. The number of hydrogen-bond acceptors (Lipinski definition) is 23. The number of fused-ring (bicyclic) bond motifs is 4. The number of nitrogens with zero attached hydrogens (tertiary/aromatic N) is 13. The molecule has 6 aromatic heterocycles. The molecule has 2 fully saturated rings. The average molecular weight is 1650 g/mol. The number of likely N-dealkylation sites (tertiary alicyclic amines) is 1. The second-order valence-corrected chi connectivity index (χ2v) is 34.7. The maximum atomic E-state index is 12.4. The van der Waals surface area contributed by atoms with Crippen molar-refractivity contribution >= 4 is 142 Å². The van der Waals surface area contributed by atoms with Crippen LogP contribution in [0.25, 0.3) is 77.0 Å². The van der Waals surface area contributed by atoms with E-state index in [0.717, 1.165) is 114 Å². The molecule has 32 heteroatoms. The van der Waals surface area contributed by atoms with E-state index in [1.807, 2.05) is 115 Å². The summed E-state index contributed by atoms with van der Waals surface area (Å²) >= 11 is 14.9. The maximum Gasteiger partial charge on any atom is 0.410 e. The second-order valence-electron chi connectivity index (χ2n) is 27.1. The van der Waals surface area contributed by atoms with Crippen molar-refractivity contribution in [3.05, 3.63) is 192 Å². The van der Waals surface area contributed by atoms with E-state index in [-0.39, 0.29) is 37.4 Å². The second kappa shape index (κ2) is 33.8. The number of amides is 1. The highest BCUT2D eigenvalue weighted by atomic mass is 79.9. The first-order valence-corrected chi connectivity index (χ1v) is 42.0. The molecule has 26 nitrogen and oxygen atoms in total. The lowest BCUT2D eigenvalue weighted by molar-refractivity contribution is 0.0184. The Morgan fingerprint density at radius 1 is 0.464 bits per heavy atom. The zero-order chi connectivity index (χ0) is 78.2. The van der Waals surface area contributed by atoms with E-state index in [4.69, 9.17) is 52.1 Å². The monoisotopic (exact) mass is 1650 g/mol. The molecule has 0 radical (unpaired) electrons. The van der Waals surface area contributed by atoms with Crippen LogP contribution in [0.15, 0.2) is 196 Å². The molecule has 2 N–H and O–H groups in total. The fourth-order valence-corrected chi connectivity index (χ4v) is 15.4. The maximum absolute atomic E-state index is 12.4. The Kier molecular flexibility index (Phi) is 24.3. The van der Waals surface area contributed by atoms with Crippen LogP contribution in [0.3, 0.4) is 0 Å². The van der Waals surface area contributed by atoms with Crippen LogP contribution in [0.4, 0.5) is 28.1 Å². The Labute approximate surface area is 654 Å². The molecule has 0 atom stereocenters. The first-order chi connectivity index (χ1) is 52.5. The van der Waals surface area contributed by atoms with Crippen LogP contribution in [0.1, 0.15) is 77.8 Å². The molecule has 0 bridgehead atoms. The Morgan fingerprint density at radius 2 is 0.827 bits per heavy atom. The number of benzene rings is 7. The molecule has 7 aromatic carbocycles. The van der Waals surface area contributed by atoms with Gasteiger partial charge in [0, 0.05) is 128 Å². The molecule has 1 amide bonds. The lowest BCUT2D eigenvalue weighted by Gasteiger charge is -2.33. The Bertz CT molecular complexity index is 5940. The number of anilines is 4. The molecule has 0 unspecified atom stereocenters. The van der Waals surface area contributed by atoms with Gasteiger partial charge in [-0.2, -0.15) is 10.2 Å². The summed E-state index contributed by atoms with van der Waals surface area (Å²) in [5.41, 5.74) is 8.66. The first-order valence-electron chi connectivity index (χ1n) is 34.8. The number of nitrogens with one attached hydrogen (secondary N) is 2. The van der Waals surface area contributed by atoms with Gasteiger partial charge in [0.25, 0.3) is 0 Å². The third-order valence-electron chi connectivity index (χ3n) is 18.2. The Hall–Kier alpha value is -10.5. The van der Waals surface area contributed by atoms with Gasteiger partial charge in [-0.05, 0) is 146 Å². The van der Waals surface area contributed by atoms with Crippen molar-refractivity contribution in [3.8, 4) is 50.6 Å². The molecule has 2 aliphatic rings. The van der Waals surface area contributed by atoms with Gasteiger partial charge in [0.05, 0.1) is 93.9 Å². The molecule has 1 saturated heterocycles. The van der Waals surface area contributed by atoms with Crippen LogP contribution >= 0.6 is 39.1 Å². The minimum absolute atomic E-state index is 0.150. The molecule has 1 aliphatic heterocycles. The van der Waals surface area contributed by atoms with Gasteiger partial charge < -0.3 is 34.5 Å². The summed E-state index contributed by atoms with van der Waals surface area (Å²) in [6, 6.07) is 38.1. The van der Waals surface area contributed by atoms with E-state index in [1.165, 1.54) is 65.2 Å². The topological polar surface area (TPSA) is 322 Å². The summed E-state index contributed by atoms with van der Waals surface area (Å²) in [6.45, 7) is 6.81. The standard InChI is InChI=1S/C29H34N6O5S.C25H27N5O3S.C16H13ClN2O3S.C8H4BrClN2/c1-29(2,3)40-28(36)34-13-11-21(12-14-34)35-18-20(17-31-35)32-27-30-16-19-7-6-8-24(26(19)33-27)23-10-9-22(41(5,37)38)15-25(23)39-4;1-33-23-13-20(34(2,31)32)11-12-21(23)22-10-6-7-17-14-26-25(29-24(17)22)28-18-15-27-30(16-18)19-8-4-3-5-9-19;1-22-14-8-11(23(2,20)21)6-7-12(14)13-5-3-4-10-9-18-16(17)19-15(10)13;9-6-3-1-2-5-4-11-8(10)12-7(5)6/h6-10,15-18,21H,11-14H2,1-5H3,(H,30,32,33);6-7,10-16,19H,3-5,8-9H2,1-2H3,(H,26,28,29);3-9H,1-2H3;1-4H. The van der Waals surface area contributed by atoms with Crippen LogP contribution in [-0.4, -0.2) is 154 Å². The van der Waals surface area contributed by atoms with Gasteiger partial charge in [-0.3, -0.25) is 9.36 Å². The lowest BCUT2D eigenvalue weighted by atomic mass is 9.96. The number of ether oxygens (including phenoxy) is 4. The highest BCUT2D eigenvalue weighted by Gasteiger charge is 2.29. The van der Waals surface area contributed by atoms with Gasteiger partial charge in [-0.15, -0.1) is 0 Å². The van der Waals surface area contributed by atoms with E-state index < -0.39 is 35.1 Å². The number of piperidine rings is 1. The Balaban J connectivity index is 0.000000146. The molecule has 570 valence electrons. The molecule has 7 heterocycles. The van der Waals surface area contributed by atoms with Crippen LogP contribution in [0, 0.1) is 0 Å². The summed E-state index contributed by atoms with van der Waals surface area (Å²) in [5, 5.41) is 19.5. The van der Waals surface area contributed by atoms with Crippen molar-refractivity contribution in [1.29, 1.82) is 0 Å². The number of carbonyl (C=O) groups excluding carboxylic acids is 1. The molecular formula is C78H78BrCl2N15O11S3. The number of carbonyl (C=O) groups is 1. The van der Waals surface area contributed by atoms with Gasteiger partial charge in [-0.1, -0.05) is 86.0 Å². The fraction of sp³-hybridized carbons (Fsp3) is 0.269. The lowest BCUT2D eigenvalue weighted by Crippen LogP contribution is -2.42. The van der Waals surface area contributed by atoms with Crippen LogP contribution < -0.4 is 24.8 Å². The summed E-state index contributed by atoms with van der Waals surface area (Å²) < 4.78 is 98.4. The predicted molar refractivity (Wildman–Crippen MR) is 430 cm³/mol. The zero-order valence-corrected chi connectivity index (χ0v) is 67.0. The van der Waals surface area contributed by atoms with E-state index in [1.54, 1.807) is 84.5 Å². The van der Waals surface area contributed by atoms with Crippen molar-refractivity contribution in [1.82, 2.24) is 64.3 Å². The van der Waals surface area contributed by atoms with E-state index in [0.29, 0.717) is 59.3 Å². The Morgan fingerprint density at radius 3 is 1.22 bits per heavy atom. The third-order valence-corrected chi connectivity index (χ3v) is 22.5. The molecule has 0 spiro atoms. The van der Waals surface area contributed by atoms with E-state index in [2.05, 4.69) is 66.7 Å². The number of sulfone groups is 3.